The minimum atomic E-state index is -1.03. The van der Waals surface area contributed by atoms with Crippen LogP contribution in [0.4, 0.5) is 19.0 Å². The molecule has 2 aromatic carbocycles. The molecule has 9 nitrogen and oxygen atoms in total. The average molecular weight is 608 g/mol. The maximum atomic E-state index is 16.7. The van der Waals surface area contributed by atoms with E-state index >= 15 is 4.39 Å². The third-order valence-corrected chi connectivity index (χ3v) is 9.45. The molecule has 7 rings (SSSR count). The lowest BCUT2D eigenvalue weighted by Gasteiger charge is -2.31. The number of rotatable bonds is 7. The fourth-order valence-electron chi connectivity index (χ4n) is 7.45. The summed E-state index contributed by atoms with van der Waals surface area (Å²) in [4.78, 5) is 29.2. The molecule has 4 aromatic rings. The van der Waals surface area contributed by atoms with Gasteiger partial charge in [-0.15, -0.1) is 0 Å². The number of aromatic hydroxyl groups is 1. The highest BCUT2D eigenvalue weighted by atomic mass is 19.1. The average Bonchev–Trinajstić information content (AvgIpc) is 3.71. The molecular formula is C32H32F3N5O4. The Morgan fingerprint density at radius 3 is 2.82 bits per heavy atom. The van der Waals surface area contributed by atoms with Crippen LogP contribution >= 0.6 is 0 Å². The van der Waals surface area contributed by atoms with Crippen molar-refractivity contribution in [1.29, 1.82) is 0 Å². The molecule has 12 heteroatoms. The SMILES string of the molecule is CCc1c(F)ccc2cc(O)cc(-c3ncc4c(N5CCC[C@H]5C(=O)O)nc(OC[C@@]56CCCN5C[C@H](F)C6)nc4c3F)c12. The first-order valence-electron chi connectivity index (χ1n) is 15.0. The number of pyridine rings is 1. The van der Waals surface area contributed by atoms with Crippen molar-refractivity contribution in [2.75, 3.05) is 31.1 Å². The number of anilines is 1. The van der Waals surface area contributed by atoms with Gasteiger partial charge in [-0.05, 0) is 73.2 Å². The molecule has 230 valence electrons. The van der Waals surface area contributed by atoms with Crippen LogP contribution < -0.4 is 9.64 Å². The Morgan fingerprint density at radius 1 is 1.18 bits per heavy atom. The standard InChI is InChI=1S/C32H32F3N5O4/c1-2-20-23(34)7-6-17-11-19(41)12-21(25(17)20)27-26(35)28-22(14-36-27)29(40-10-3-5-24(40)30(42)43)38-31(37-28)44-16-32-8-4-9-39(32)15-18(33)13-32/h6-7,11-12,14,18,24,41H,2-5,8-10,13,15-16H2,1H3,(H,42,43)/t18-,24+,32+/m1/s1. The highest BCUT2D eigenvalue weighted by molar-refractivity contribution is 6.02. The number of carbonyl (C=O) groups is 1. The van der Waals surface area contributed by atoms with E-state index < -0.39 is 35.4 Å². The number of benzene rings is 2. The molecule has 0 spiro atoms. The van der Waals surface area contributed by atoms with Crippen LogP contribution in [0.1, 0.15) is 44.6 Å². The van der Waals surface area contributed by atoms with Crippen molar-refractivity contribution in [3.63, 3.8) is 0 Å². The Bertz CT molecular complexity index is 1810. The summed E-state index contributed by atoms with van der Waals surface area (Å²) in [5, 5.41) is 21.6. The molecule has 0 radical (unpaired) electrons. The Kier molecular flexibility index (Phi) is 6.99. The Labute approximate surface area is 251 Å². The fraction of sp³-hybridized carbons (Fsp3) is 0.438. The highest BCUT2D eigenvalue weighted by Gasteiger charge is 2.49. The summed E-state index contributed by atoms with van der Waals surface area (Å²) in [7, 11) is 0. The lowest BCUT2D eigenvalue weighted by molar-refractivity contribution is -0.138. The highest BCUT2D eigenvalue weighted by Crippen LogP contribution is 2.42. The largest absolute Gasteiger partial charge is 0.508 e. The molecule has 0 amide bonds. The number of ether oxygens (including phenoxy) is 1. The maximum Gasteiger partial charge on any atom is 0.326 e. The molecule has 2 aromatic heterocycles. The molecule has 3 saturated heterocycles. The first-order valence-corrected chi connectivity index (χ1v) is 15.0. The number of phenolic OH excluding ortho intramolecular Hbond substituents is 1. The third kappa shape index (κ3) is 4.58. The Balaban J connectivity index is 1.39. The van der Waals surface area contributed by atoms with E-state index in [9.17, 15) is 23.8 Å². The van der Waals surface area contributed by atoms with Crippen LogP contribution in [0.3, 0.4) is 0 Å². The molecule has 3 aliphatic heterocycles. The first kappa shape index (κ1) is 28.6. The van der Waals surface area contributed by atoms with E-state index in [1.165, 1.54) is 30.5 Å². The number of hydrogen-bond acceptors (Lipinski definition) is 8. The number of nitrogens with zero attached hydrogens (tertiary/aromatic N) is 5. The molecule has 2 N–H and O–H groups in total. The van der Waals surface area contributed by atoms with Crippen LogP contribution in [0.25, 0.3) is 32.9 Å². The number of carboxylic acid groups (broad SMARTS) is 1. The zero-order valence-electron chi connectivity index (χ0n) is 24.2. The van der Waals surface area contributed by atoms with E-state index in [0.29, 0.717) is 55.1 Å². The summed E-state index contributed by atoms with van der Waals surface area (Å²) in [6, 6.07) is 4.64. The summed E-state index contributed by atoms with van der Waals surface area (Å²) in [5.74, 6) is -2.28. The molecule has 0 aliphatic carbocycles. The molecule has 0 unspecified atom stereocenters. The van der Waals surface area contributed by atoms with Gasteiger partial charge in [0, 0.05) is 31.3 Å². The van der Waals surface area contributed by atoms with Crippen LogP contribution in [0.15, 0.2) is 30.5 Å². The zero-order chi connectivity index (χ0) is 30.7. The molecule has 3 atom stereocenters. The van der Waals surface area contributed by atoms with Gasteiger partial charge < -0.3 is 19.8 Å². The monoisotopic (exact) mass is 607 g/mol. The van der Waals surface area contributed by atoms with E-state index in [0.717, 1.165) is 19.4 Å². The summed E-state index contributed by atoms with van der Waals surface area (Å²) < 4.78 is 52.1. The van der Waals surface area contributed by atoms with Gasteiger partial charge in [0.05, 0.1) is 10.9 Å². The van der Waals surface area contributed by atoms with Gasteiger partial charge in [-0.25, -0.2) is 18.0 Å². The van der Waals surface area contributed by atoms with Gasteiger partial charge >= 0.3 is 12.0 Å². The van der Waals surface area contributed by atoms with Gasteiger partial charge in [-0.2, -0.15) is 9.97 Å². The molecule has 0 bridgehead atoms. The van der Waals surface area contributed by atoms with Crippen molar-refractivity contribution in [1.82, 2.24) is 19.9 Å². The fourth-order valence-corrected chi connectivity index (χ4v) is 7.45. The number of hydrogen-bond donors (Lipinski definition) is 2. The van der Waals surface area contributed by atoms with Gasteiger partial charge in [-0.1, -0.05) is 13.0 Å². The van der Waals surface area contributed by atoms with Crippen molar-refractivity contribution >= 4 is 33.5 Å². The van der Waals surface area contributed by atoms with Crippen LogP contribution in [0, 0.1) is 11.6 Å². The summed E-state index contributed by atoms with van der Waals surface area (Å²) >= 11 is 0. The second-order valence-corrected chi connectivity index (χ2v) is 12.0. The van der Waals surface area contributed by atoms with Crippen molar-refractivity contribution in [3.8, 4) is 23.0 Å². The summed E-state index contributed by atoms with van der Waals surface area (Å²) in [6.45, 7) is 3.38. The van der Waals surface area contributed by atoms with Gasteiger partial charge in [0.2, 0.25) is 0 Å². The van der Waals surface area contributed by atoms with E-state index in [1.807, 2.05) is 0 Å². The number of fused-ring (bicyclic) bond motifs is 3. The number of halogens is 3. The van der Waals surface area contributed by atoms with Crippen molar-refractivity contribution in [2.24, 2.45) is 0 Å². The predicted molar refractivity (Wildman–Crippen MR) is 158 cm³/mol. The van der Waals surface area contributed by atoms with E-state index in [-0.39, 0.29) is 46.3 Å². The minimum absolute atomic E-state index is 0.108. The maximum absolute atomic E-state index is 16.7. The predicted octanol–water partition coefficient (Wildman–Crippen LogP) is 5.40. The van der Waals surface area contributed by atoms with E-state index in [4.69, 9.17) is 4.74 Å². The number of aryl methyl sites for hydroxylation is 1. The van der Waals surface area contributed by atoms with Gasteiger partial charge in [0.25, 0.3) is 0 Å². The zero-order valence-corrected chi connectivity index (χ0v) is 24.2. The molecule has 0 saturated carbocycles. The van der Waals surface area contributed by atoms with Crippen LogP contribution in [-0.4, -0.2) is 80.0 Å². The second kappa shape index (κ2) is 10.8. The molecule has 5 heterocycles. The summed E-state index contributed by atoms with van der Waals surface area (Å²) in [5.41, 5.74) is -0.244. The van der Waals surface area contributed by atoms with Crippen LogP contribution in [0.2, 0.25) is 0 Å². The third-order valence-electron chi connectivity index (χ3n) is 9.45. The van der Waals surface area contributed by atoms with Gasteiger partial charge in [-0.3, -0.25) is 9.88 Å². The number of aromatic nitrogens is 3. The van der Waals surface area contributed by atoms with Crippen molar-refractivity contribution < 1.29 is 32.9 Å². The Morgan fingerprint density at radius 2 is 2.02 bits per heavy atom. The van der Waals surface area contributed by atoms with E-state index in [1.54, 1.807) is 11.8 Å². The van der Waals surface area contributed by atoms with Gasteiger partial charge in [0.15, 0.2) is 5.82 Å². The number of carboxylic acids is 1. The lowest BCUT2D eigenvalue weighted by atomic mass is 9.94. The normalized spacial score (nSPS) is 23.6. The molecular weight excluding hydrogens is 575 g/mol. The minimum Gasteiger partial charge on any atom is -0.508 e. The van der Waals surface area contributed by atoms with Gasteiger partial charge in [0.1, 0.15) is 47.4 Å². The Hall–Kier alpha value is -4.19. The lowest BCUT2D eigenvalue weighted by Crippen LogP contribution is -2.43. The van der Waals surface area contributed by atoms with Crippen molar-refractivity contribution in [2.45, 2.75) is 63.2 Å². The first-order chi connectivity index (χ1) is 21.2. The number of alkyl halides is 1. The molecule has 3 fully saturated rings. The topological polar surface area (TPSA) is 112 Å². The van der Waals surface area contributed by atoms with Crippen molar-refractivity contribution in [3.05, 3.63) is 47.7 Å². The quantitative estimate of drug-likeness (QED) is 0.285. The van der Waals surface area contributed by atoms with Crippen LogP contribution in [-0.2, 0) is 11.2 Å². The smallest absolute Gasteiger partial charge is 0.326 e. The molecule has 44 heavy (non-hydrogen) atoms. The summed E-state index contributed by atoms with van der Waals surface area (Å²) in [6.07, 6.45) is 3.72. The number of aliphatic carboxylic acids is 1. The van der Waals surface area contributed by atoms with E-state index in [2.05, 4.69) is 19.9 Å². The number of phenols is 1. The second-order valence-electron chi connectivity index (χ2n) is 12.0. The van der Waals surface area contributed by atoms with Crippen LogP contribution in [0.5, 0.6) is 11.8 Å². The molecule has 3 aliphatic rings.